The average molecular weight is 1010 g/mol. The van der Waals surface area contributed by atoms with Crippen molar-refractivity contribution in [2.75, 3.05) is 26.4 Å². The molecule has 8 rings (SSSR count). The van der Waals surface area contributed by atoms with Gasteiger partial charge in [0.2, 0.25) is 0 Å². The van der Waals surface area contributed by atoms with E-state index in [1.807, 2.05) is 72.8 Å². The van der Waals surface area contributed by atoms with Crippen LogP contribution in [0.15, 0.2) is 110 Å². The van der Waals surface area contributed by atoms with Gasteiger partial charge in [-0.2, -0.15) is 0 Å². The van der Waals surface area contributed by atoms with Crippen LogP contribution in [0.3, 0.4) is 0 Å². The second kappa shape index (κ2) is 26.4. The summed E-state index contributed by atoms with van der Waals surface area (Å²) in [5, 5.41) is 1.60. The van der Waals surface area contributed by atoms with Gasteiger partial charge in [0.05, 0.1) is 69.8 Å². The molecule has 0 atom stereocenters. The van der Waals surface area contributed by atoms with Crippen LogP contribution in [0.25, 0.3) is 41.6 Å². The quantitative estimate of drug-likeness (QED) is 0.0232. The number of carbonyl (C=O) groups excluding carboxylic acids is 4. The molecule has 2 aliphatic rings. The van der Waals surface area contributed by atoms with E-state index in [0.29, 0.717) is 61.3 Å². The molecular weight excluding hydrogens is 949 g/mol. The lowest BCUT2D eigenvalue weighted by Crippen LogP contribution is -2.32. The number of para-hydroxylation sites is 2. The molecule has 0 aliphatic heterocycles. The summed E-state index contributed by atoms with van der Waals surface area (Å²) < 4.78 is 37.0. The predicted molar refractivity (Wildman–Crippen MR) is 283 cm³/mol. The number of ether oxygens (including phenoxy) is 6. The molecule has 2 aliphatic carbocycles. The minimum atomic E-state index is -0.400. The van der Waals surface area contributed by atoms with E-state index in [0.717, 1.165) is 144 Å². The van der Waals surface area contributed by atoms with Gasteiger partial charge in [-0.25, -0.2) is 19.6 Å². The van der Waals surface area contributed by atoms with Crippen molar-refractivity contribution >= 4 is 67.0 Å². The molecule has 0 unspecified atom stereocenters. The third kappa shape index (κ3) is 14.4. The molecule has 0 saturated heterocycles. The molecule has 0 spiro atoms. The number of rotatable bonds is 25. The number of fused-ring (bicyclic) bond motifs is 2. The highest BCUT2D eigenvalue weighted by Gasteiger charge is 2.36. The molecule has 72 heavy (non-hydrogen) atoms. The van der Waals surface area contributed by atoms with E-state index in [1.165, 1.54) is 12.2 Å². The van der Waals surface area contributed by atoms with E-state index in [4.69, 9.17) is 38.4 Å². The first kappa shape index (κ1) is 52.0. The number of aromatic nitrogens is 2. The van der Waals surface area contributed by atoms with Crippen LogP contribution in [-0.2, 0) is 28.7 Å². The van der Waals surface area contributed by atoms with Gasteiger partial charge in [0.15, 0.2) is 0 Å². The van der Waals surface area contributed by atoms with Crippen LogP contribution in [0.5, 0.6) is 23.0 Å². The third-order valence-electron chi connectivity index (χ3n) is 13.7. The number of hydrogen-bond donors (Lipinski definition) is 0. The Kier molecular flexibility index (Phi) is 19.0. The number of benzene rings is 4. The summed E-state index contributed by atoms with van der Waals surface area (Å²) >= 11 is 3.15. The molecule has 6 aromatic rings. The molecule has 2 heterocycles. The molecule has 0 radical (unpaired) electrons. The van der Waals surface area contributed by atoms with Gasteiger partial charge in [-0.15, -0.1) is 22.7 Å². The maximum atomic E-state index is 13.7. The van der Waals surface area contributed by atoms with Crippen LogP contribution in [0.4, 0.5) is 0 Å². The molecule has 2 aromatic heterocycles. The smallest absolute Gasteiger partial charge is 0.330 e. The minimum Gasteiger partial charge on any atom is -0.493 e. The number of unbranched alkanes of at least 4 members (excludes halogenated alkanes) is 6. The summed E-state index contributed by atoms with van der Waals surface area (Å²) in [7, 11) is 0. The summed E-state index contributed by atoms with van der Waals surface area (Å²) in [5.41, 5.74) is 3.39. The van der Waals surface area contributed by atoms with Crippen LogP contribution in [0.1, 0.15) is 103 Å². The minimum absolute atomic E-state index is 0.175. The second-order valence-corrected chi connectivity index (χ2v) is 20.7. The monoisotopic (exact) mass is 1010 g/mol. The van der Waals surface area contributed by atoms with Gasteiger partial charge >= 0.3 is 23.9 Å². The molecule has 0 N–H and O–H groups in total. The lowest BCUT2D eigenvalue weighted by Gasteiger charge is -2.36. The van der Waals surface area contributed by atoms with Crippen LogP contribution in [0.2, 0.25) is 0 Å². The van der Waals surface area contributed by atoms with Crippen molar-refractivity contribution in [3.63, 3.8) is 0 Å². The highest BCUT2D eigenvalue weighted by molar-refractivity contribution is 7.22. The van der Waals surface area contributed by atoms with E-state index < -0.39 is 11.9 Å². The van der Waals surface area contributed by atoms with Gasteiger partial charge in [-0.05, 0) is 175 Å². The summed E-state index contributed by atoms with van der Waals surface area (Å²) in [6, 6.07) is 27.1. The highest BCUT2D eigenvalue weighted by Crippen LogP contribution is 2.44. The molecule has 2 fully saturated rings. The maximum Gasteiger partial charge on any atom is 0.330 e. The normalized spacial score (nSPS) is 17.7. The molecular formula is C58H64N2O10S2. The average Bonchev–Trinajstić information content (AvgIpc) is 4.06. The number of thiazole rings is 2. The van der Waals surface area contributed by atoms with Crippen molar-refractivity contribution < 1.29 is 47.6 Å². The molecule has 378 valence electrons. The molecule has 2 saturated carbocycles. The van der Waals surface area contributed by atoms with Gasteiger partial charge in [-0.1, -0.05) is 37.4 Å². The Morgan fingerprint density at radius 2 is 0.889 bits per heavy atom. The summed E-state index contributed by atoms with van der Waals surface area (Å²) in [4.78, 5) is 59.7. The first-order chi connectivity index (χ1) is 35.2. The summed E-state index contributed by atoms with van der Waals surface area (Å²) in [6.45, 7) is 8.64. The zero-order valence-electron chi connectivity index (χ0n) is 40.9. The van der Waals surface area contributed by atoms with Crippen LogP contribution in [0, 0.1) is 23.7 Å². The summed E-state index contributed by atoms with van der Waals surface area (Å²) in [5.74, 6) is 1.79. The van der Waals surface area contributed by atoms with Crippen LogP contribution in [-0.4, -0.2) is 60.3 Å². The Hall–Kier alpha value is -6.38. The Morgan fingerprint density at radius 3 is 1.28 bits per heavy atom. The van der Waals surface area contributed by atoms with Gasteiger partial charge < -0.3 is 28.4 Å². The molecule has 12 nitrogen and oxygen atoms in total. The van der Waals surface area contributed by atoms with Gasteiger partial charge in [0, 0.05) is 12.2 Å². The van der Waals surface area contributed by atoms with Crippen molar-refractivity contribution in [2.45, 2.75) is 103 Å². The van der Waals surface area contributed by atoms with Gasteiger partial charge in [-0.3, -0.25) is 9.59 Å². The fraction of sp³-hybridized carbons (Fsp3) is 0.414. The number of hydrogen-bond acceptors (Lipinski definition) is 14. The largest absolute Gasteiger partial charge is 0.493 e. The predicted octanol–water partition coefficient (Wildman–Crippen LogP) is 13.7. The van der Waals surface area contributed by atoms with Crippen LogP contribution >= 0.6 is 22.7 Å². The number of carbonyl (C=O) groups is 4. The van der Waals surface area contributed by atoms with Crippen molar-refractivity contribution in [2.24, 2.45) is 23.7 Å². The standard InChI is InChI=1S/C58H64N2O10S2/c1-3-53(61)67-35-15-7-5-13-33-65-49-31-29-43(37-45(49)55-59-47-17-9-11-19-51(47)71-55)69-57(63)41-25-21-39(22-26-41)40-23-27-42(28-24-40)58(64)70-44-30-32-50(66-34-14-6-8-16-36-68-54(62)4-2)46(38-44)56-60-48-18-10-12-20-52(48)72-56/h3-4,9-12,17-20,29-32,37-42H,1-2,5-8,13-16,21-28,33-36H2. The van der Waals surface area contributed by atoms with Crippen molar-refractivity contribution in [1.29, 1.82) is 0 Å². The van der Waals surface area contributed by atoms with Crippen molar-refractivity contribution in [3.8, 4) is 44.1 Å². The lowest BCUT2D eigenvalue weighted by atomic mass is 9.69. The zero-order chi connectivity index (χ0) is 50.1. The highest BCUT2D eigenvalue weighted by atomic mass is 32.1. The molecule has 0 amide bonds. The number of nitrogens with zero attached hydrogens (tertiary/aromatic N) is 2. The lowest BCUT2D eigenvalue weighted by molar-refractivity contribution is -0.142. The van der Waals surface area contributed by atoms with Crippen LogP contribution < -0.4 is 18.9 Å². The van der Waals surface area contributed by atoms with E-state index in [-0.39, 0.29) is 23.8 Å². The SMILES string of the molecule is C=CC(=O)OCCCCCCOc1ccc(OC(=O)C2CCC(C3CCC(C(=O)Oc4ccc(OCCCCCCOC(=O)C=C)c(-c5nc6ccccc6s5)c4)CC3)CC2)cc1-c1nc2ccccc2s1. The van der Waals surface area contributed by atoms with Crippen molar-refractivity contribution in [3.05, 3.63) is 110 Å². The second-order valence-electron chi connectivity index (χ2n) is 18.6. The van der Waals surface area contributed by atoms with Gasteiger partial charge in [0.1, 0.15) is 33.0 Å². The van der Waals surface area contributed by atoms with E-state index in [1.54, 1.807) is 34.8 Å². The summed E-state index contributed by atoms with van der Waals surface area (Å²) in [6.07, 6.45) is 16.2. The van der Waals surface area contributed by atoms with E-state index in [2.05, 4.69) is 13.2 Å². The fourth-order valence-corrected chi connectivity index (χ4v) is 11.7. The van der Waals surface area contributed by atoms with Crippen molar-refractivity contribution in [1.82, 2.24) is 9.97 Å². The molecule has 4 aromatic carbocycles. The first-order valence-corrected chi connectivity index (χ1v) is 27.1. The maximum absolute atomic E-state index is 13.7. The topological polar surface area (TPSA) is 149 Å². The van der Waals surface area contributed by atoms with E-state index >= 15 is 0 Å². The molecule has 14 heteroatoms. The Morgan fingerprint density at radius 1 is 0.500 bits per heavy atom. The Labute approximate surface area is 429 Å². The number of esters is 4. The first-order valence-electron chi connectivity index (χ1n) is 25.5. The Bertz CT molecular complexity index is 2550. The third-order valence-corrected chi connectivity index (χ3v) is 15.8. The van der Waals surface area contributed by atoms with E-state index in [9.17, 15) is 19.2 Å². The van der Waals surface area contributed by atoms with Gasteiger partial charge in [0.25, 0.3) is 0 Å². The Balaban J connectivity index is 0.802. The zero-order valence-corrected chi connectivity index (χ0v) is 42.5. The fourth-order valence-electron chi connectivity index (χ4n) is 9.70. The molecule has 0 bridgehead atoms.